The van der Waals surface area contributed by atoms with Crippen molar-refractivity contribution in [3.05, 3.63) is 82.2 Å². The van der Waals surface area contributed by atoms with E-state index in [4.69, 9.17) is 4.74 Å². The summed E-state index contributed by atoms with van der Waals surface area (Å²) in [6.07, 6.45) is 1.70. The summed E-state index contributed by atoms with van der Waals surface area (Å²) < 4.78 is 60.4. The van der Waals surface area contributed by atoms with Crippen LogP contribution < -0.4 is 10.1 Å². The lowest BCUT2D eigenvalue weighted by Crippen LogP contribution is -2.23. The molecule has 0 aliphatic carbocycles. The minimum Gasteiger partial charge on any atom is -0.483 e. The summed E-state index contributed by atoms with van der Waals surface area (Å²) in [5.74, 6) is -7.74. The van der Waals surface area contributed by atoms with Crippen molar-refractivity contribution >= 4 is 5.91 Å². The van der Waals surface area contributed by atoms with E-state index in [2.05, 4.69) is 10.4 Å². The van der Waals surface area contributed by atoms with Crippen LogP contribution in [0, 0.1) is 30.2 Å². The molecule has 5 nitrogen and oxygen atoms in total. The number of halogens is 4. The largest absolute Gasteiger partial charge is 0.483 e. The van der Waals surface area contributed by atoms with Gasteiger partial charge in [-0.15, -0.1) is 0 Å². The lowest BCUT2D eigenvalue weighted by molar-refractivity contribution is 0.0951. The van der Waals surface area contributed by atoms with Crippen molar-refractivity contribution < 1.29 is 27.1 Å². The Morgan fingerprint density at radius 1 is 1.10 bits per heavy atom. The number of nitrogens with one attached hydrogen (secondary N) is 1. The zero-order chi connectivity index (χ0) is 21.8. The number of nitrogens with zero attached hydrogens (tertiary/aromatic N) is 2. The third-order valence-corrected chi connectivity index (χ3v) is 4.61. The van der Waals surface area contributed by atoms with Crippen LogP contribution in [0.3, 0.4) is 0 Å². The van der Waals surface area contributed by atoms with Crippen LogP contribution in [0.4, 0.5) is 17.6 Å². The van der Waals surface area contributed by atoms with E-state index in [9.17, 15) is 22.4 Å². The minimum absolute atomic E-state index is 0.111. The average molecular weight is 421 g/mol. The summed E-state index contributed by atoms with van der Waals surface area (Å²) in [6.45, 7) is 4.61. The van der Waals surface area contributed by atoms with E-state index < -0.39 is 29.0 Å². The van der Waals surface area contributed by atoms with E-state index in [0.717, 1.165) is 17.8 Å². The van der Waals surface area contributed by atoms with Gasteiger partial charge >= 0.3 is 0 Å². The molecular formula is C21H19F4N3O2. The van der Waals surface area contributed by atoms with Gasteiger partial charge in [-0.3, -0.25) is 9.48 Å². The molecule has 0 aliphatic rings. The second-order valence-corrected chi connectivity index (χ2v) is 6.54. The molecule has 1 N–H and O–H groups in total. The molecular weight excluding hydrogens is 402 g/mol. The first kappa shape index (κ1) is 21.4. The van der Waals surface area contributed by atoms with E-state index in [-0.39, 0.29) is 18.6 Å². The van der Waals surface area contributed by atoms with E-state index in [1.54, 1.807) is 6.20 Å². The second-order valence-electron chi connectivity index (χ2n) is 6.54. The van der Waals surface area contributed by atoms with Crippen molar-refractivity contribution in [2.24, 2.45) is 0 Å². The van der Waals surface area contributed by atoms with E-state index in [1.165, 1.54) is 24.3 Å². The highest BCUT2D eigenvalue weighted by Gasteiger charge is 2.20. The molecule has 0 aliphatic heterocycles. The lowest BCUT2D eigenvalue weighted by atomic mass is 10.1. The number of carbonyl (C=O) groups excluding carboxylic acids is 1. The van der Waals surface area contributed by atoms with E-state index in [1.807, 2.05) is 18.5 Å². The number of amides is 1. The van der Waals surface area contributed by atoms with Gasteiger partial charge in [0.15, 0.2) is 17.4 Å². The predicted molar refractivity (Wildman–Crippen MR) is 101 cm³/mol. The molecule has 158 valence electrons. The number of carbonyl (C=O) groups is 1. The molecule has 0 atom stereocenters. The zero-order valence-electron chi connectivity index (χ0n) is 16.3. The smallest absolute Gasteiger partial charge is 0.251 e. The number of rotatable bonds is 7. The van der Waals surface area contributed by atoms with Crippen molar-refractivity contribution in [2.45, 2.75) is 33.5 Å². The highest BCUT2D eigenvalue weighted by molar-refractivity contribution is 5.94. The number of ether oxygens (including phenoxy) is 1. The van der Waals surface area contributed by atoms with Gasteiger partial charge in [-0.05, 0) is 31.5 Å². The van der Waals surface area contributed by atoms with Gasteiger partial charge in [0.25, 0.3) is 5.91 Å². The van der Waals surface area contributed by atoms with Crippen molar-refractivity contribution in [2.75, 3.05) is 0 Å². The summed E-state index contributed by atoms with van der Waals surface area (Å²) in [7, 11) is 0. The van der Waals surface area contributed by atoms with Gasteiger partial charge in [0.2, 0.25) is 11.6 Å². The summed E-state index contributed by atoms with van der Waals surface area (Å²) in [5, 5.41) is 7.01. The molecule has 0 radical (unpaired) electrons. The lowest BCUT2D eigenvalue weighted by Gasteiger charge is -2.10. The van der Waals surface area contributed by atoms with Crippen LogP contribution in [-0.4, -0.2) is 15.7 Å². The second kappa shape index (κ2) is 8.98. The molecule has 0 unspecified atom stereocenters. The van der Waals surface area contributed by atoms with Gasteiger partial charge in [-0.2, -0.15) is 13.9 Å². The van der Waals surface area contributed by atoms with Crippen LogP contribution in [0.2, 0.25) is 0 Å². The van der Waals surface area contributed by atoms with Crippen molar-refractivity contribution in [3.63, 3.8) is 0 Å². The van der Waals surface area contributed by atoms with Crippen LogP contribution in [0.5, 0.6) is 5.75 Å². The molecule has 1 amide bonds. The van der Waals surface area contributed by atoms with Crippen LogP contribution >= 0.6 is 0 Å². The van der Waals surface area contributed by atoms with Crippen molar-refractivity contribution in [1.82, 2.24) is 15.1 Å². The number of hydrogen-bond acceptors (Lipinski definition) is 3. The molecule has 3 rings (SSSR count). The maximum atomic E-state index is 13.6. The quantitative estimate of drug-likeness (QED) is 0.458. The first-order chi connectivity index (χ1) is 14.3. The summed E-state index contributed by atoms with van der Waals surface area (Å²) in [4.78, 5) is 12.3. The Labute approximate surface area is 170 Å². The fraction of sp³-hybridized carbons (Fsp3) is 0.238. The molecule has 1 heterocycles. The number of hydrogen-bond donors (Lipinski definition) is 1. The maximum Gasteiger partial charge on any atom is 0.251 e. The number of benzene rings is 2. The van der Waals surface area contributed by atoms with E-state index >= 15 is 0 Å². The van der Waals surface area contributed by atoms with Gasteiger partial charge in [0.05, 0.1) is 6.20 Å². The Bertz CT molecular complexity index is 1040. The fourth-order valence-corrected chi connectivity index (χ4v) is 2.84. The minimum atomic E-state index is -1.61. The molecule has 0 bridgehead atoms. The third kappa shape index (κ3) is 4.45. The van der Waals surface area contributed by atoms with Crippen molar-refractivity contribution in [3.8, 4) is 5.75 Å². The SMILES string of the molecule is CCn1ncc(CNC(=O)c2ccc(COc3c(F)c(F)cc(F)c3F)cc2)c1C. The van der Waals surface area contributed by atoms with Crippen LogP contribution in [0.15, 0.2) is 36.5 Å². The topological polar surface area (TPSA) is 56.2 Å². The van der Waals surface area contributed by atoms with Gasteiger partial charge < -0.3 is 10.1 Å². The Balaban J connectivity index is 1.61. The molecule has 9 heteroatoms. The monoisotopic (exact) mass is 421 g/mol. The Hall–Kier alpha value is -3.36. The Kier molecular flexibility index (Phi) is 6.39. The third-order valence-electron chi connectivity index (χ3n) is 4.61. The fourth-order valence-electron chi connectivity index (χ4n) is 2.84. The highest BCUT2D eigenvalue weighted by Crippen LogP contribution is 2.27. The highest BCUT2D eigenvalue weighted by atomic mass is 19.2. The molecule has 0 saturated heterocycles. The maximum absolute atomic E-state index is 13.6. The number of aryl methyl sites for hydroxylation is 1. The zero-order valence-corrected chi connectivity index (χ0v) is 16.3. The molecule has 0 fully saturated rings. The molecule has 30 heavy (non-hydrogen) atoms. The van der Waals surface area contributed by atoms with Crippen molar-refractivity contribution in [1.29, 1.82) is 0 Å². The molecule has 3 aromatic rings. The van der Waals surface area contributed by atoms with E-state index in [0.29, 0.717) is 17.7 Å². The molecule has 0 saturated carbocycles. The standard InChI is InChI=1S/C21H19F4N3O2/c1-3-28-12(2)15(10-27-28)9-26-21(29)14-6-4-13(5-7-14)11-30-20-18(24)16(22)8-17(23)19(20)25/h4-8,10H,3,9,11H2,1-2H3,(H,26,29). The summed E-state index contributed by atoms with van der Waals surface area (Å²) >= 11 is 0. The molecule has 1 aromatic heterocycles. The van der Waals surface area contributed by atoms with Crippen LogP contribution in [-0.2, 0) is 19.7 Å². The molecule has 0 spiro atoms. The summed E-state index contributed by atoms with van der Waals surface area (Å²) in [6, 6.07) is 6.16. The van der Waals surface area contributed by atoms with Gasteiger partial charge in [0, 0.05) is 36.0 Å². The number of aromatic nitrogens is 2. The van der Waals surface area contributed by atoms with Crippen LogP contribution in [0.1, 0.15) is 34.1 Å². The first-order valence-corrected chi connectivity index (χ1v) is 9.16. The average Bonchev–Trinajstić information content (AvgIpc) is 3.10. The van der Waals surface area contributed by atoms with Gasteiger partial charge in [-0.1, -0.05) is 12.1 Å². The normalized spacial score (nSPS) is 10.9. The van der Waals surface area contributed by atoms with Gasteiger partial charge in [-0.25, -0.2) is 8.78 Å². The predicted octanol–water partition coefficient (Wildman–Crippen LogP) is 4.28. The molecule has 2 aromatic carbocycles. The Morgan fingerprint density at radius 2 is 1.73 bits per heavy atom. The Morgan fingerprint density at radius 3 is 2.30 bits per heavy atom. The van der Waals surface area contributed by atoms with Gasteiger partial charge in [0.1, 0.15) is 6.61 Å². The van der Waals surface area contributed by atoms with Crippen LogP contribution in [0.25, 0.3) is 0 Å². The first-order valence-electron chi connectivity index (χ1n) is 9.16. The summed E-state index contributed by atoms with van der Waals surface area (Å²) in [5.41, 5.74) is 2.70.